The van der Waals surface area contributed by atoms with E-state index in [4.69, 9.17) is 14.2 Å². The number of likely N-dealkylation sites (N-methyl/N-ethyl adjacent to an activating group) is 1. The molecule has 0 amide bonds. The average molecular weight is 452 g/mol. The Morgan fingerprint density at radius 1 is 0.970 bits per heavy atom. The third-order valence-corrected chi connectivity index (χ3v) is 6.99. The summed E-state index contributed by atoms with van der Waals surface area (Å²) in [7, 11) is 7.14. The summed E-state index contributed by atoms with van der Waals surface area (Å²) in [4.78, 5) is 6.22. The molecule has 1 saturated heterocycles. The van der Waals surface area contributed by atoms with Crippen molar-refractivity contribution in [3.05, 3.63) is 41.5 Å². The van der Waals surface area contributed by atoms with Crippen LogP contribution in [0.3, 0.4) is 0 Å². The summed E-state index contributed by atoms with van der Waals surface area (Å²) in [6.45, 7) is 6.65. The van der Waals surface area contributed by atoms with Crippen molar-refractivity contribution in [1.29, 1.82) is 0 Å². The highest BCUT2D eigenvalue weighted by Gasteiger charge is 2.25. The first-order valence-electron chi connectivity index (χ1n) is 11.9. The first-order valence-corrected chi connectivity index (χ1v) is 11.9. The van der Waals surface area contributed by atoms with Crippen molar-refractivity contribution in [2.24, 2.45) is 0 Å². The van der Waals surface area contributed by atoms with E-state index in [9.17, 15) is 0 Å². The molecule has 0 unspecified atom stereocenters. The predicted octanol–water partition coefficient (Wildman–Crippen LogP) is 4.82. The molecule has 0 radical (unpaired) electrons. The average Bonchev–Trinajstić information content (AvgIpc) is 3.23. The van der Waals surface area contributed by atoms with Crippen LogP contribution >= 0.6 is 0 Å². The normalized spacial score (nSPS) is 15.2. The number of aromatic nitrogens is 1. The number of hydrogen-bond acceptors (Lipinski definition) is 5. The van der Waals surface area contributed by atoms with Crippen molar-refractivity contribution < 1.29 is 14.2 Å². The van der Waals surface area contributed by atoms with Crippen LogP contribution in [0.5, 0.6) is 17.2 Å². The standard InChI is InChI=1S/C27H37N3O3/c1-6-20-22-16-21(18-9-12-30(13-10-18)14-11-28-2)25(32-4)17-23(22)29-27(20)19-7-8-24(31-3)26(15-19)33-5/h7-8,15-18,28-29H,6,9-14H2,1-5H3. The van der Waals surface area contributed by atoms with Gasteiger partial charge in [0.2, 0.25) is 0 Å². The summed E-state index contributed by atoms with van der Waals surface area (Å²) in [5, 5.41) is 4.55. The molecule has 4 rings (SSSR count). The molecular formula is C27H37N3O3. The third-order valence-electron chi connectivity index (χ3n) is 6.99. The Hall–Kier alpha value is -2.70. The van der Waals surface area contributed by atoms with Gasteiger partial charge in [0, 0.05) is 41.3 Å². The molecule has 0 atom stereocenters. The summed E-state index contributed by atoms with van der Waals surface area (Å²) in [6.07, 6.45) is 3.28. The number of ether oxygens (including phenoxy) is 3. The number of fused-ring (bicyclic) bond motifs is 1. The van der Waals surface area contributed by atoms with Gasteiger partial charge < -0.3 is 29.4 Å². The van der Waals surface area contributed by atoms with E-state index in [1.165, 1.54) is 29.4 Å². The molecule has 0 saturated carbocycles. The SMILES string of the molecule is CCc1c(-c2ccc(OC)c(OC)c2)[nH]c2cc(OC)c(C3CCN(CCNC)CC3)cc12. The van der Waals surface area contributed by atoms with Crippen molar-refractivity contribution in [2.45, 2.75) is 32.1 Å². The zero-order valence-corrected chi connectivity index (χ0v) is 20.6. The quantitative estimate of drug-likeness (QED) is 0.488. The van der Waals surface area contributed by atoms with Crippen LogP contribution in [0.15, 0.2) is 30.3 Å². The minimum atomic E-state index is 0.527. The Bertz CT molecular complexity index is 1080. The van der Waals surface area contributed by atoms with Crippen LogP contribution in [0.2, 0.25) is 0 Å². The van der Waals surface area contributed by atoms with Crippen LogP contribution < -0.4 is 19.5 Å². The highest BCUT2D eigenvalue weighted by molar-refractivity contribution is 5.92. The molecule has 2 N–H and O–H groups in total. The minimum absolute atomic E-state index is 0.527. The summed E-state index contributed by atoms with van der Waals surface area (Å²) < 4.78 is 16.8. The number of nitrogens with one attached hydrogen (secondary N) is 2. The number of nitrogens with zero attached hydrogens (tertiary/aromatic N) is 1. The molecule has 2 heterocycles. The summed E-state index contributed by atoms with van der Waals surface area (Å²) in [5.74, 6) is 2.98. The minimum Gasteiger partial charge on any atom is -0.496 e. The van der Waals surface area contributed by atoms with Crippen LogP contribution in [0.25, 0.3) is 22.2 Å². The highest BCUT2D eigenvalue weighted by atomic mass is 16.5. The molecule has 0 aliphatic carbocycles. The number of aromatic amines is 1. The largest absolute Gasteiger partial charge is 0.496 e. The van der Waals surface area contributed by atoms with E-state index in [0.717, 1.165) is 66.6 Å². The van der Waals surface area contributed by atoms with Crippen LogP contribution in [0.4, 0.5) is 0 Å². The van der Waals surface area contributed by atoms with Crippen LogP contribution in [0, 0.1) is 0 Å². The molecule has 33 heavy (non-hydrogen) atoms. The first kappa shape index (κ1) is 23.5. The predicted molar refractivity (Wildman–Crippen MR) is 135 cm³/mol. The Morgan fingerprint density at radius 3 is 2.33 bits per heavy atom. The van der Waals surface area contributed by atoms with Gasteiger partial charge in [-0.15, -0.1) is 0 Å². The van der Waals surface area contributed by atoms with E-state index in [-0.39, 0.29) is 0 Å². The molecule has 1 aliphatic rings. The summed E-state index contributed by atoms with van der Waals surface area (Å²) >= 11 is 0. The van der Waals surface area contributed by atoms with Gasteiger partial charge in [-0.3, -0.25) is 0 Å². The fourth-order valence-electron chi connectivity index (χ4n) is 5.13. The van der Waals surface area contributed by atoms with Gasteiger partial charge in [-0.05, 0) is 80.7 Å². The Balaban J connectivity index is 1.71. The van der Waals surface area contributed by atoms with Crippen LogP contribution in [-0.4, -0.2) is 64.4 Å². The van der Waals surface area contributed by atoms with E-state index in [1.54, 1.807) is 21.3 Å². The highest BCUT2D eigenvalue weighted by Crippen LogP contribution is 2.41. The van der Waals surface area contributed by atoms with E-state index >= 15 is 0 Å². The number of likely N-dealkylation sites (tertiary alicyclic amines) is 1. The fourth-order valence-corrected chi connectivity index (χ4v) is 5.13. The number of aryl methyl sites for hydroxylation is 1. The van der Waals surface area contributed by atoms with Crippen LogP contribution in [-0.2, 0) is 6.42 Å². The lowest BCUT2D eigenvalue weighted by atomic mass is 9.87. The number of rotatable bonds is 9. The second-order valence-electron chi connectivity index (χ2n) is 8.76. The van der Waals surface area contributed by atoms with E-state index in [1.807, 2.05) is 19.2 Å². The number of piperidine rings is 1. The molecular weight excluding hydrogens is 414 g/mol. The number of hydrogen-bond donors (Lipinski definition) is 2. The molecule has 6 heteroatoms. The second-order valence-corrected chi connectivity index (χ2v) is 8.76. The van der Waals surface area contributed by atoms with Gasteiger partial charge >= 0.3 is 0 Å². The maximum atomic E-state index is 5.87. The molecule has 1 fully saturated rings. The number of methoxy groups -OCH3 is 3. The smallest absolute Gasteiger partial charge is 0.161 e. The van der Waals surface area contributed by atoms with E-state index in [2.05, 4.69) is 40.3 Å². The molecule has 0 spiro atoms. The molecule has 2 aromatic carbocycles. The monoisotopic (exact) mass is 451 g/mol. The van der Waals surface area contributed by atoms with Gasteiger partial charge in [-0.1, -0.05) is 6.92 Å². The molecule has 1 aromatic heterocycles. The molecule has 0 bridgehead atoms. The van der Waals surface area contributed by atoms with Crippen molar-refractivity contribution in [3.8, 4) is 28.5 Å². The first-order chi connectivity index (χ1) is 16.1. The molecule has 178 valence electrons. The lowest BCUT2D eigenvalue weighted by Gasteiger charge is -2.32. The van der Waals surface area contributed by atoms with Crippen molar-refractivity contribution in [2.75, 3.05) is 54.6 Å². The topological polar surface area (TPSA) is 58.8 Å². The molecule has 6 nitrogen and oxygen atoms in total. The van der Waals surface area contributed by atoms with Crippen molar-refractivity contribution in [1.82, 2.24) is 15.2 Å². The van der Waals surface area contributed by atoms with E-state index < -0.39 is 0 Å². The Kier molecular flexibility index (Phi) is 7.46. The Labute approximate surface area is 197 Å². The van der Waals surface area contributed by atoms with Crippen molar-refractivity contribution >= 4 is 10.9 Å². The molecule has 1 aliphatic heterocycles. The van der Waals surface area contributed by atoms with Gasteiger partial charge in [0.15, 0.2) is 11.5 Å². The van der Waals surface area contributed by atoms with E-state index in [0.29, 0.717) is 5.92 Å². The zero-order chi connectivity index (χ0) is 23.4. The second kappa shape index (κ2) is 10.5. The van der Waals surface area contributed by atoms with Gasteiger partial charge in [0.1, 0.15) is 5.75 Å². The zero-order valence-electron chi connectivity index (χ0n) is 20.6. The molecule has 3 aromatic rings. The fraction of sp³-hybridized carbons (Fsp3) is 0.481. The van der Waals surface area contributed by atoms with Gasteiger partial charge in [0.25, 0.3) is 0 Å². The van der Waals surface area contributed by atoms with Gasteiger partial charge in [-0.25, -0.2) is 0 Å². The lowest BCUT2D eigenvalue weighted by Crippen LogP contribution is -2.37. The summed E-state index contributed by atoms with van der Waals surface area (Å²) in [5.41, 5.74) is 6.01. The van der Waals surface area contributed by atoms with Crippen molar-refractivity contribution in [3.63, 3.8) is 0 Å². The Morgan fingerprint density at radius 2 is 1.70 bits per heavy atom. The number of H-pyrrole nitrogens is 1. The maximum Gasteiger partial charge on any atom is 0.161 e. The van der Waals surface area contributed by atoms with Gasteiger partial charge in [0.05, 0.1) is 21.3 Å². The van der Waals surface area contributed by atoms with Gasteiger partial charge in [-0.2, -0.15) is 0 Å². The summed E-state index contributed by atoms with van der Waals surface area (Å²) in [6, 6.07) is 10.7. The lowest BCUT2D eigenvalue weighted by molar-refractivity contribution is 0.212. The maximum absolute atomic E-state index is 5.87. The third kappa shape index (κ3) is 4.68. The number of benzene rings is 2. The van der Waals surface area contributed by atoms with Crippen LogP contribution in [0.1, 0.15) is 36.8 Å².